The summed E-state index contributed by atoms with van der Waals surface area (Å²) < 4.78 is 4.82. The summed E-state index contributed by atoms with van der Waals surface area (Å²) in [6, 6.07) is 13.0. The third-order valence-electron chi connectivity index (χ3n) is 3.86. The molecule has 5 heteroatoms. The molecule has 5 nitrogen and oxygen atoms in total. The third kappa shape index (κ3) is 2.88. The fraction of sp³-hybridized carbons (Fsp3) is 0.158. The maximum absolute atomic E-state index is 12.6. The molecule has 0 unspecified atom stereocenters. The largest absolute Gasteiger partial charge is 0.464 e. The van der Waals surface area contributed by atoms with Crippen LogP contribution in [0.5, 0.6) is 0 Å². The standard InChI is InChI=1S/C19H18N2O3/c1-11-5-4-6-13(9-11)18(22)21-16-14-10-12(2)7-8-15(14)20-17(16)19(23)24-3/h4-10,20H,1-3H3,(H,21,22). The first-order chi connectivity index (χ1) is 11.5. The molecule has 2 N–H and O–H groups in total. The summed E-state index contributed by atoms with van der Waals surface area (Å²) in [5.41, 5.74) is 3.99. The SMILES string of the molecule is COC(=O)c1[nH]c2ccc(C)cc2c1NC(=O)c1cccc(C)c1. The molecule has 0 saturated carbocycles. The first-order valence-corrected chi connectivity index (χ1v) is 7.58. The molecule has 0 aliphatic carbocycles. The van der Waals surface area contributed by atoms with E-state index in [9.17, 15) is 9.59 Å². The van der Waals surface area contributed by atoms with Gasteiger partial charge in [0.1, 0.15) is 5.69 Å². The molecule has 3 rings (SSSR count). The second-order valence-electron chi connectivity index (χ2n) is 5.74. The van der Waals surface area contributed by atoms with E-state index >= 15 is 0 Å². The minimum atomic E-state index is -0.525. The van der Waals surface area contributed by atoms with E-state index in [1.54, 1.807) is 12.1 Å². The van der Waals surface area contributed by atoms with E-state index < -0.39 is 5.97 Å². The molecule has 0 saturated heterocycles. The zero-order valence-corrected chi connectivity index (χ0v) is 13.8. The van der Waals surface area contributed by atoms with Gasteiger partial charge in [0.05, 0.1) is 12.8 Å². The lowest BCUT2D eigenvalue weighted by atomic mass is 10.1. The van der Waals surface area contributed by atoms with Crippen LogP contribution < -0.4 is 5.32 Å². The molecule has 0 fully saturated rings. The number of anilines is 1. The van der Waals surface area contributed by atoms with Gasteiger partial charge in [0.2, 0.25) is 0 Å². The Morgan fingerprint density at radius 3 is 2.50 bits per heavy atom. The van der Waals surface area contributed by atoms with Gasteiger partial charge in [-0.05, 0) is 38.1 Å². The van der Waals surface area contributed by atoms with Crippen molar-refractivity contribution >= 4 is 28.5 Å². The van der Waals surface area contributed by atoms with Crippen LogP contribution in [0.15, 0.2) is 42.5 Å². The van der Waals surface area contributed by atoms with E-state index in [4.69, 9.17) is 4.74 Å². The Labute approximate surface area is 139 Å². The van der Waals surface area contributed by atoms with E-state index in [2.05, 4.69) is 10.3 Å². The Morgan fingerprint density at radius 1 is 1.04 bits per heavy atom. The number of carbonyl (C=O) groups is 2. The van der Waals surface area contributed by atoms with Crippen LogP contribution >= 0.6 is 0 Å². The highest BCUT2D eigenvalue weighted by molar-refractivity contribution is 6.14. The number of aromatic nitrogens is 1. The Balaban J connectivity index is 2.08. The first kappa shape index (κ1) is 15.8. The predicted molar refractivity (Wildman–Crippen MR) is 93.5 cm³/mol. The van der Waals surface area contributed by atoms with Gasteiger partial charge in [-0.2, -0.15) is 0 Å². The number of nitrogens with one attached hydrogen (secondary N) is 2. The molecule has 0 aliphatic heterocycles. The summed E-state index contributed by atoms with van der Waals surface area (Å²) >= 11 is 0. The number of benzene rings is 2. The Kier molecular flexibility index (Phi) is 4.08. The Hall–Kier alpha value is -3.08. The van der Waals surface area contributed by atoms with E-state index in [-0.39, 0.29) is 11.6 Å². The summed E-state index contributed by atoms with van der Waals surface area (Å²) in [7, 11) is 1.31. The van der Waals surface area contributed by atoms with Crippen molar-refractivity contribution in [3.8, 4) is 0 Å². The average Bonchev–Trinajstić information content (AvgIpc) is 2.92. The normalized spacial score (nSPS) is 10.6. The fourth-order valence-electron chi connectivity index (χ4n) is 2.66. The molecule has 0 spiro atoms. The number of amides is 1. The molecule has 2 aromatic carbocycles. The predicted octanol–water partition coefficient (Wildman–Crippen LogP) is 3.82. The number of methoxy groups -OCH3 is 1. The highest BCUT2D eigenvalue weighted by atomic mass is 16.5. The molecular formula is C19H18N2O3. The van der Waals surface area contributed by atoms with Gasteiger partial charge in [0.25, 0.3) is 5.91 Å². The molecular weight excluding hydrogens is 304 g/mol. The minimum Gasteiger partial charge on any atom is -0.464 e. The van der Waals surface area contributed by atoms with Crippen LogP contribution in [0.1, 0.15) is 32.0 Å². The van der Waals surface area contributed by atoms with Crippen molar-refractivity contribution in [2.75, 3.05) is 12.4 Å². The maximum atomic E-state index is 12.6. The van der Waals surface area contributed by atoms with Gasteiger partial charge in [-0.25, -0.2) is 4.79 Å². The zero-order valence-electron chi connectivity index (χ0n) is 13.8. The van der Waals surface area contributed by atoms with Crippen LogP contribution in [0.25, 0.3) is 10.9 Å². The van der Waals surface area contributed by atoms with Crippen molar-refractivity contribution < 1.29 is 14.3 Å². The lowest BCUT2D eigenvalue weighted by molar-refractivity contribution is 0.0596. The van der Waals surface area contributed by atoms with Gasteiger partial charge in [-0.15, -0.1) is 0 Å². The Morgan fingerprint density at radius 2 is 1.79 bits per heavy atom. The molecule has 1 aromatic heterocycles. The zero-order chi connectivity index (χ0) is 17.3. The Bertz CT molecular complexity index is 941. The molecule has 0 aliphatic rings. The second-order valence-corrected chi connectivity index (χ2v) is 5.74. The maximum Gasteiger partial charge on any atom is 0.356 e. The topological polar surface area (TPSA) is 71.2 Å². The second kappa shape index (κ2) is 6.20. The fourth-order valence-corrected chi connectivity index (χ4v) is 2.66. The van der Waals surface area contributed by atoms with Crippen LogP contribution in [0.3, 0.4) is 0 Å². The van der Waals surface area contributed by atoms with E-state index in [0.717, 1.165) is 22.0 Å². The number of H-pyrrole nitrogens is 1. The molecule has 0 bridgehead atoms. The number of rotatable bonds is 3. The number of carbonyl (C=O) groups excluding carboxylic acids is 2. The van der Waals surface area contributed by atoms with Crippen molar-refractivity contribution in [1.82, 2.24) is 4.98 Å². The van der Waals surface area contributed by atoms with Crippen molar-refractivity contribution in [3.05, 3.63) is 64.8 Å². The number of hydrogen-bond acceptors (Lipinski definition) is 3. The molecule has 1 heterocycles. The number of aryl methyl sites for hydroxylation is 2. The van der Waals surface area contributed by atoms with Gasteiger partial charge in [-0.3, -0.25) is 4.79 Å². The van der Waals surface area contributed by atoms with Crippen LogP contribution in [-0.4, -0.2) is 24.0 Å². The quantitative estimate of drug-likeness (QED) is 0.720. The van der Waals surface area contributed by atoms with Gasteiger partial charge in [-0.1, -0.05) is 29.3 Å². The smallest absolute Gasteiger partial charge is 0.356 e. The van der Waals surface area contributed by atoms with Gasteiger partial charge in [0, 0.05) is 16.5 Å². The molecule has 0 atom stereocenters. The number of aromatic amines is 1. The summed E-state index contributed by atoms with van der Waals surface area (Å²) in [5, 5.41) is 3.62. The van der Waals surface area contributed by atoms with Crippen molar-refractivity contribution in [3.63, 3.8) is 0 Å². The van der Waals surface area contributed by atoms with E-state index in [1.807, 2.05) is 44.2 Å². The van der Waals surface area contributed by atoms with Crippen molar-refractivity contribution in [2.24, 2.45) is 0 Å². The van der Waals surface area contributed by atoms with Crippen LogP contribution in [0.4, 0.5) is 5.69 Å². The lowest BCUT2D eigenvalue weighted by Crippen LogP contribution is -2.15. The number of ether oxygens (including phenoxy) is 1. The summed E-state index contributed by atoms with van der Waals surface area (Å²) in [4.78, 5) is 27.7. The highest BCUT2D eigenvalue weighted by Gasteiger charge is 2.20. The van der Waals surface area contributed by atoms with Gasteiger partial charge >= 0.3 is 5.97 Å². The lowest BCUT2D eigenvalue weighted by Gasteiger charge is -2.07. The monoisotopic (exact) mass is 322 g/mol. The van der Waals surface area contributed by atoms with E-state index in [0.29, 0.717) is 11.3 Å². The summed E-state index contributed by atoms with van der Waals surface area (Å²) in [6.45, 7) is 3.88. The number of hydrogen-bond donors (Lipinski definition) is 2. The van der Waals surface area contributed by atoms with Crippen LogP contribution in [-0.2, 0) is 4.74 Å². The molecule has 24 heavy (non-hydrogen) atoms. The van der Waals surface area contributed by atoms with Crippen LogP contribution in [0, 0.1) is 13.8 Å². The third-order valence-corrected chi connectivity index (χ3v) is 3.86. The summed E-state index contributed by atoms with van der Waals surface area (Å²) in [5.74, 6) is -0.797. The average molecular weight is 322 g/mol. The van der Waals surface area contributed by atoms with Gasteiger partial charge < -0.3 is 15.0 Å². The first-order valence-electron chi connectivity index (χ1n) is 7.58. The molecule has 3 aromatic rings. The molecule has 122 valence electrons. The summed E-state index contributed by atoms with van der Waals surface area (Å²) in [6.07, 6.45) is 0. The molecule has 0 radical (unpaired) electrons. The van der Waals surface area contributed by atoms with E-state index in [1.165, 1.54) is 7.11 Å². The number of fused-ring (bicyclic) bond motifs is 1. The van der Waals surface area contributed by atoms with Crippen molar-refractivity contribution in [2.45, 2.75) is 13.8 Å². The van der Waals surface area contributed by atoms with Crippen molar-refractivity contribution in [1.29, 1.82) is 0 Å². The highest BCUT2D eigenvalue weighted by Crippen LogP contribution is 2.29. The van der Waals surface area contributed by atoms with Crippen LogP contribution in [0.2, 0.25) is 0 Å². The molecule has 1 amide bonds. The van der Waals surface area contributed by atoms with Gasteiger partial charge in [0.15, 0.2) is 0 Å². The minimum absolute atomic E-state index is 0.235. The number of esters is 1.